The zero-order valence-electron chi connectivity index (χ0n) is 12.7. The van der Waals surface area contributed by atoms with E-state index < -0.39 is 5.97 Å². The highest BCUT2D eigenvalue weighted by atomic mass is 16.5. The molecular formula is C19H19NO2. The molecule has 0 aliphatic heterocycles. The summed E-state index contributed by atoms with van der Waals surface area (Å²) in [7, 11) is 0. The fourth-order valence-corrected chi connectivity index (χ4v) is 1.97. The molecule has 0 radical (unpaired) electrons. The van der Waals surface area contributed by atoms with Gasteiger partial charge in [-0.05, 0) is 53.9 Å². The van der Waals surface area contributed by atoms with Crippen LogP contribution in [0.25, 0.3) is 0 Å². The van der Waals surface area contributed by atoms with E-state index in [0.29, 0.717) is 5.75 Å². The third kappa shape index (κ3) is 4.70. The molecule has 0 N–H and O–H groups in total. The van der Waals surface area contributed by atoms with Crippen LogP contribution in [-0.4, -0.2) is 12.2 Å². The molecule has 0 aliphatic carbocycles. The Morgan fingerprint density at radius 2 is 1.82 bits per heavy atom. The van der Waals surface area contributed by atoms with Gasteiger partial charge in [0, 0.05) is 12.3 Å². The first kappa shape index (κ1) is 15.7. The van der Waals surface area contributed by atoms with E-state index in [4.69, 9.17) is 4.74 Å². The normalized spacial score (nSPS) is 10.6. The standard InChI is InChI=1S/C19H19NO2/c1-3-5-15-6-10-17(11-7-15)20-14-16-8-12-18(13-9-16)22-19(21)4-2/h4,6-14H,2-3,5H2,1H3. The van der Waals surface area contributed by atoms with Crippen molar-refractivity contribution in [2.45, 2.75) is 19.8 Å². The second kappa shape index (κ2) is 7.93. The summed E-state index contributed by atoms with van der Waals surface area (Å²) in [6.07, 6.45) is 5.16. The van der Waals surface area contributed by atoms with Crippen molar-refractivity contribution < 1.29 is 9.53 Å². The Bertz CT molecular complexity index is 655. The SMILES string of the molecule is C=CC(=O)Oc1ccc(C=Nc2ccc(CCC)cc2)cc1. The van der Waals surface area contributed by atoms with Crippen LogP contribution < -0.4 is 4.74 Å². The highest BCUT2D eigenvalue weighted by molar-refractivity contribution is 5.84. The fourth-order valence-electron chi connectivity index (χ4n) is 1.97. The summed E-state index contributed by atoms with van der Waals surface area (Å²) in [6.45, 7) is 5.53. The lowest BCUT2D eigenvalue weighted by atomic mass is 10.1. The van der Waals surface area contributed by atoms with Crippen molar-refractivity contribution in [3.63, 3.8) is 0 Å². The lowest BCUT2D eigenvalue weighted by molar-refractivity contribution is -0.128. The van der Waals surface area contributed by atoms with Gasteiger partial charge in [0.25, 0.3) is 0 Å². The highest BCUT2D eigenvalue weighted by Gasteiger charge is 1.99. The van der Waals surface area contributed by atoms with Gasteiger partial charge in [-0.1, -0.05) is 32.1 Å². The van der Waals surface area contributed by atoms with Gasteiger partial charge in [0.15, 0.2) is 0 Å². The first-order valence-electron chi connectivity index (χ1n) is 7.28. The summed E-state index contributed by atoms with van der Waals surface area (Å²) in [5.74, 6) is 0.0274. The molecule has 0 bridgehead atoms. The number of rotatable bonds is 6. The number of hydrogen-bond acceptors (Lipinski definition) is 3. The van der Waals surface area contributed by atoms with Gasteiger partial charge in [-0.25, -0.2) is 4.79 Å². The van der Waals surface area contributed by atoms with Crippen LogP contribution in [0.3, 0.4) is 0 Å². The minimum Gasteiger partial charge on any atom is -0.423 e. The lowest BCUT2D eigenvalue weighted by Crippen LogP contribution is -2.02. The molecule has 0 unspecified atom stereocenters. The predicted octanol–water partition coefficient (Wildman–Crippen LogP) is 4.48. The second-order valence-electron chi connectivity index (χ2n) is 4.87. The molecule has 0 aliphatic rings. The van der Waals surface area contributed by atoms with E-state index in [1.807, 2.05) is 24.3 Å². The molecule has 0 fully saturated rings. The van der Waals surface area contributed by atoms with Gasteiger partial charge in [-0.3, -0.25) is 4.99 Å². The van der Waals surface area contributed by atoms with E-state index in [9.17, 15) is 4.79 Å². The van der Waals surface area contributed by atoms with E-state index in [2.05, 4.69) is 30.6 Å². The van der Waals surface area contributed by atoms with Gasteiger partial charge < -0.3 is 4.74 Å². The smallest absolute Gasteiger partial charge is 0.335 e. The first-order valence-corrected chi connectivity index (χ1v) is 7.28. The fraction of sp³-hybridized carbons (Fsp3) is 0.158. The summed E-state index contributed by atoms with van der Waals surface area (Å²) in [5, 5.41) is 0. The summed E-state index contributed by atoms with van der Waals surface area (Å²) < 4.78 is 5.02. The molecule has 2 aromatic rings. The number of hydrogen-bond donors (Lipinski definition) is 0. The maximum atomic E-state index is 11.1. The Labute approximate surface area is 131 Å². The first-order chi connectivity index (χ1) is 10.7. The van der Waals surface area contributed by atoms with E-state index in [1.165, 1.54) is 5.56 Å². The topological polar surface area (TPSA) is 38.7 Å². The number of aliphatic imine (C=N–C) groups is 1. The molecule has 3 nitrogen and oxygen atoms in total. The average molecular weight is 293 g/mol. The Kier molecular flexibility index (Phi) is 5.66. The maximum Gasteiger partial charge on any atom is 0.335 e. The van der Waals surface area contributed by atoms with Crippen LogP contribution in [0, 0.1) is 0 Å². The molecule has 0 aromatic heterocycles. The highest BCUT2D eigenvalue weighted by Crippen LogP contribution is 2.15. The molecular weight excluding hydrogens is 274 g/mol. The number of aryl methyl sites for hydroxylation is 1. The average Bonchev–Trinajstić information content (AvgIpc) is 2.56. The third-order valence-electron chi connectivity index (χ3n) is 3.10. The van der Waals surface area contributed by atoms with Crippen molar-refractivity contribution >= 4 is 17.9 Å². The van der Waals surface area contributed by atoms with Gasteiger partial charge >= 0.3 is 5.97 Å². The number of carbonyl (C=O) groups is 1. The Morgan fingerprint density at radius 3 is 2.41 bits per heavy atom. The number of ether oxygens (including phenoxy) is 1. The van der Waals surface area contributed by atoms with E-state index in [-0.39, 0.29) is 0 Å². The summed E-state index contributed by atoms with van der Waals surface area (Å²) in [4.78, 5) is 15.5. The lowest BCUT2D eigenvalue weighted by Gasteiger charge is -2.01. The van der Waals surface area contributed by atoms with Gasteiger partial charge in [0.05, 0.1) is 5.69 Å². The predicted molar refractivity (Wildman–Crippen MR) is 90.0 cm³/mol. The Morgan fingerprint density at radius 1 is 1.14 bits per heavy atom. The summed E-state index contributed by atoms with van der Waals surface area (Å²) in [6, 6.07) is 15.4. The van der Waals surface area contributed by atoms with Crippen LogP contribution in [0.15, 0.2) is 66.2 Å². The molecule has 0 saturated heterocycles. The number of carbonyl (C=O) groups excluding carboxylic acids is 1. The quantitative estimate of drug-likeness (QED) is 0.341. The van der Waals surface area contributed by atoms with E-state index >= 15 is 0 Å². The molecule has 2 aromatic carbocycles. The van der Waals surface area contributed by atoms with Crippen molar-refractivity contribution in [3.8, 4) is 5.75 Å². The Hall–Kier alpha value is -2.68. The van der Waals surface area contributed by atoms with Gasteiger partial charge in [-0.15, -0.1) is 0 Å². The minimum absolute atomic E-state index is 0.464. The molecule has 0 amide bonds. The van der Waals surface area contributed by atoms with E-state index in [0.717, 1.165) is 30.2 Å². The zero-order chi connectivity index (χ0) is 15.8. The van der Waals surface area contributed by atoms with Crippen molar-refractivity contribution in [2.75, 3.05) is 0 Å². The van der Waals surface area contributed by atoms with Crippen LogP contribution in [0.4, 0.5) is 5.69 Å². The second-order valence-corrected chi connectivity index (χ2v) is 4.87. The summed E-state index contributed by atoms with van der Waals surface area (Å²) >= 11 is 0. The van der Waals surface area contributed by atoms with Crippen LogP contribution in [0.5, 0.6) is 5.75 Å². The number of nitrogens with zero attached hydrogens (tertiary/aromatic N) is 1. The van der Waals surface area contributed by atoms with Crippen LogP contribution in [0.2, 0.25) is 0 Å². The number of esters is 1. The largest absolute Gasteiger partial charge is 0.423 e. The maximum absolute atomic E-state index is 11.1. The van der Waals surface area contributed by atoms with Crippen LogP contribution >= 0.6 is 0 Å². The van der Waals surface area contributed by atoms with Crippen LogP contribution in [-0.2, 0) is 11.2 Å². The molecule has 3 heteroatoms. The van der Waals surface area contributed by atoms with Gasteiger partial charge in [-0.2, -0.15) is 0 Å². The molecule has 0 spiro atoms. The molecule has 22 heavy (non-hydrogen) atoms. The van der Waals surface area contributed by atoms with Gasteiger partial charge in [0.1, 0.15) is 5.75 Å². The van der Waals surface area contributed by atoms with Gasteiger partial charge in [0.2, 0.25) is 0 Å². The Balaban J connectivity index is 2.00. The third-order valence-corrected chi connectivity index (χ3v) is 3.10. The summed E-state index contributed by atoms with van der Waals surface area (Å²) in [5.41, 5.74) is 3.19. The minimum atomic E-state index is -0.464. The molecule has 0 saturated carbocycles. The molecule has 0 atom stereocenters. The van der Waals surface area contributed by atoms with Crippen molar-refractivity contribution in [1.82, 2.24) is 0 Å². The van der Waals surface area contributed by atoms with E-state index in [1.54, 1.807) is 18.3 Å². The number of benzene rings is 2. The zero-order valence-corrected chi connectivity index (χ0v) is 12.7. The van der Waals surface area contributed by atoms with Crippen molar-refractivity contribution in [1.29, 1.82) is 0 Å². The molecule has 2 rings (SSSR count). The molecule has 0 heterocycles. The monoisotopic (exact) mass is 293 g/mol. The molecule has 112 valence electrons. The van der Waals surface area contributed by atoms with Crippen molar-refractivity contribution in [3.05, 3.63) is 72.3 Å². The van der Waals surface area contributed by atoms with Crippen LogP contribution in [0.1, 0.15) is 24.5 Å². The van der Waals surface area contributed by atoms with Crippen molar-refractivity contribution in [2.24, 2.45) is 4.99 Å².